The Morgan fingerprint density at radius 2 is 1.84 bits per heavy atom. The summed E-state index contributed by atoms with van der Waals surface area (Å²) in [7, 11) is 0. The topological polar surface area (TPSA) is 75.3 Å². The van der Waals surface area contributed by atoms with Crippen LogP contribution in [0.25, 0.3) is 0 Å². The first kappa shape index (κ1) is 18.4. The molecule has 0 heterocycles. The van der Waals surface area contributed by atoms with Crippen LogP contribution in [0, 0.1) is 11.3 Å². The molecule has 0 aliphatic carbocycles. The Bertz CT molecular complexity index is 270. The van der Waals surface area contributed by atoms with Gasteiger partial charge in [0.2, 0.25) is 5.91 Å². The molecule has 4 N–H and O–H groups in total. The van der Waals surface area contributed by atoms with Crippen LogP contribution < -0.4 is 11.1 Å². The fourth-order valence-corrected chi connectivity index (χ4v) is 2.02. The fourth-order valence-electron chi connectivity index (χ4n) is 2.02. The van der Waals surface area contributed by atoms with E-state index in [2.05, 4.69) is 26.1 Å². The second-order valence-corrected chi connectivity index (χ2v) is 6.81. The highest BCUT2D eigenvalue weighted by Crippen LogP contribution is 2.31. The molecule has 19 heavy (non-hydrogen) atoms. The summed E-state index contributed by atoms with van der Waals surface area (Å²) < 4.78 is 0. The minimum absolute atomic E-state index is 0.0139. The summed E-state index contributed by atoms with van der Waals surface area (Å²) in [5.41, 5.74) is 5.00. The molecule has 114 valence electrons. The average molecular weight is 272 g/mol. The molecule has 0 saturated carbocycles. The molecule has 2 atom stereocenters. The molecule has 0 fully saturated rings. The first-order valence-electron chi connectivity index (χ1n) is 7.31. The second kappa shape index (κ2) is 7.85. The van der Waals surface area contributed by atoms with Crippen LogP contribution in [0.1, 0.15) is 60.3 Å². The van der Waals surface area contributed by atoms with Gasteiger partial charge >= 0.3 is 0 Å². The van der Waals surface area contributed by atoms with Crippen molar-refractivity contribution in [3.05, 3.63) is 0 Å². The number of amides is 1. The van der Waals surface area contributed by atoms with Crippen molar-refractivity contribution in [1.82, 2.24) is 5.32 Å². The van der Waals surface area contributed by atoms with E-state index in [9.17, 15) is 9.90 Å². The van der Waals surface area contributed by atoms with Crippen LogP contribution in [0.15, 0.2) is 0 Å². The number of rotatable bonds is 8. The van der Waals surface area contributed by atoms with Crippen LogP contribution in [0.4, 0.5) is 0 Å². The van der Waals surface area contributed by atoms with Gasteiger partial charge in [0.1, 0.15) is 0 Å². The molecule has 1 amide bonds. The third-order valence-electron chi connectivity index (χ3n) is 3.89. The third-order valence-corrected chi connectivity index (χ3v) is 3.89. The molecule has 0 saturated heterocycles. The molecule has 0 aliphatic heterocycles. The Hall–Kier alpha value is -0.610. The molecular weight excluding hydrogens is 240 g/mol. The van der Waals surface area contributed by atoms with Crippen LogP contribution >= 0.6 is 0 Å². The van der Waals surface area contributed by atoms with Gasteiger partial charge in [-0.1, -0.05) is 27.7 Å². The third kappa shape index (κ3) is 8.22. The smallest absolute Gasteiger partial charge is 0.220 e. The molecule has 4 heteroatoms. The van der Waals surface area contributed by atoms with Crippen molar-refractivity contribution in [3.63, 3.8) is 0 Å². The van der Waals surface area contributed by atoms with Crippen LogP contribution in [0.5, 0.6) is 0 Å². The number of carbonyl (C=O) groups is 1. The van der Waals surface area contributed by atoms with Crippen molar-refractivity contribution in [1.29, 1.82) is 0 Å². The maximum atomic E-state index is 11.8. The largest absolute Gasteiger partial charge is 0.388 e. The Labute approximate surface area is 118 Å². The molecule has 0 aromatic heterocycles. The Balaban J connectivity index is 4.13. The first-order valence-corrected chi connectivity index (χ1v) is 7.31. The average Bonchev–Trinajstić information content (AvgIpc) is 2.30. The highest BCUT2D eigenvalue weighted by Gasteiger charge is 2.25. The Kier molecular flexibility index (Phi) is 7.60. The summed E-state index contributed by atoms with van der Waals surface area (Å²) in [6.07, 6.45) is 2.93. The van der Waals surface area contributed by atoms with Crippen molar-refractivity contribution in [2.24, 2.45) is 17.1 Å². The molecule has 0 aliphatic rings. The molecule has 0 aromatic rings. The van der Waals surface area contributed by atoms with Gasteiger partial charge in [-0.2, -0.15) is 0 Å². The van der Waals surface area contributed by atoms with Crippen molar-refractivity contribution in [2.45, 2.75) is 65.9 Å². The van der Waals surface area contributed by atoms with Crippen LogP contribution in [0.2, 0.25) is 0 Å². The van der Waals surface area contributed by atoms with Crippen LogP contribution in [-0.2, 0) is 4.79 Å². The fraction of sp³-hybridized carbons (Fsp3) is 0.933. The minimum atomic E-state index is -0.809. The van der Waals surface area contributed by atoms with Gasteiger partial charge in [0.05, 0.1) is 5.60 Å². The summed E-state index contributed by atoms with van der Waals surface area (Å²) >= 11 is 0. The van der Waals surface area contributed by atoms with Gasteiger partial charge in [-0.25, -0.2) is 0 Å². The zero-order chi connectivity index (χ0) is 15.1. The molecular formula is C15H32N2O2. The van der Waals surface area contributed by atoms with Gasteiger partial charge < -0.3 is 16.2 Å². The number of hydrogen-bond acceptors (Lipinski definition) is 3. The Morgan fingerprint density at radius 1 is 1.26 bits per heavy atom. The molecule has 0 bridgehead atoms. The summed E-state index contributed by atoms with van der Waals surface area (Å²) in [5.74, 6) is 0.468. The van der Waals surface area contributed by atoms with E-state index < -0.39 is 5.60 Å². The molecule has 4 nitrogen and oxygen atoms in total. The van der Waals surface area contributed by atoms with Crippen LogP contribution in [0.3, 0.4) is 0 Å². The molecule has 0 aromatic carbocycles. The second-order valence-electron chi connectivity index (χ2n) is 6.81. The normalized spacial score (nSPS) is 16.8. The zero-order valence-electron chi connectivity index (χ0n) is 13.3. The maximum absolute atomic E-state index is 11.8. The predicted molar refractivity (Wildman–Crippen MR) is 79.8 cm³/mol. The lowest BCUT2D eigenvalue weighted by atomic mass is 9.76. The van der Waals surface area contributed by atoms with E-state index in [4.69, 9.17) is 5.73 Å². The summed E-state index contributed by atoms with van der Waals surface area (Å²) in [6, 6.07) is 0. The van der Waals surface area contributed by atoms with Crippen molar-refractivity contribution in [3.8, 4) is 0 Å². The number of carbonyl (C=O) groups excluding carboxylic acids is 1. The summed E-state index contributed by atoms with van der Waals surface area (Å²) in [4.78, 5) is 11.8. The lowest BCUT2D eigenvalue weighted by Gasteiger charge is -2.30. The monoisotopic (exact) mass is 272 g/mol. The van der Waals surface area contributed by atoms with Crippen molar-refractivity contribution >= 4 is 5.91 Å². The van der Waals surface area contributed by atoms with E-state index >= 15 is 0 Å². The van der Waals surface area contributed by atoms with E-state index in [-0.39, 0.29) is 11.3 Å². The van der Waals surface area contributed by atoms with E-state index in [1.165, 1.54) is 0 Å². The van der Waals surface area contributed by atoms with Gasteiger partial charge in [-0.3, -0.25) is 4.79 Å². The molecule has 2 unspecified atom stereocenters. The summed E-state index contributed by atoms with van der Waals surface area (Å²) in [5, 5.41) is 12.6. The minimum Gasteiger partial charge on any atom is -0.388 e. The van der Waals surface area contributed by atoms with Gasteiger partial charge in [-0.05, 0) is 44.1 Å². The molecule has 0 radical (unpaired) electrons. The summed E-state index contributed by atoms with van der Waals surface area (Å²) in [6.45, 7) is 11.2. The lowest BCUT2D eigenvalue weighted by Crippen LogP contribution is -2.40. The first-order chi connectivity index (χ1) is 8.62. The van der Waals surface area contributed by atoms with Gasteiger partial charge in [0, 0.05) is 13.0 Å². The quantitative estimate of drug-likeness (QED) is 0.633. The zero-order valence-corrected chi connectivity index (χ0v) is 13.3. The van der Waals surface area contributed by atoms with E-state index in [1.54, 1.807) is 6.92 Å². The number of nitrogens with two attached hydrogens (primary N) is 1. The maximum Gasteiger partial charge on any atom is 0.220 e. The Morgan fingerprint density at radius 3 is 2.26 bits per heavy atom. The number of aliphatic hydroxyl groups is 1. The highest BCUT2D eigenvalue weighted by atomic mass is 16.3. The highest BCUT2D eigenvalue weighted by molar-refractivity contribution is 5.75. The van der Waals surface area contributed by atoms with Gasteiger partial charge in [0.25, 0.3) is 0 Å². The van der Waals surface area contributed by atoms with Crippen molar-refractivity contribution in [2.75, 3.05) is 13.1 Å². The van der Waals surface area contributed by atoms with E-state index in [1.807, 2.05) is 6.92 Å². The van der Waals surface area contributed by atoms with E-state index in [0.29, 0.717) is 31.8 Å². The van der Waals surface area contributed by atoms with Gasteiger partial charge in [-0.15, -0.1) is 0 Å². The predicted octanol–water partition coefficient (Wildman–Crippen LogP) is 2.05. The number of nitrogens with one attached hydrogen (secondary N) is 1. The molecule has 0 rings (SSSR count). The standard InChI is InChI=1S/C15H32N2O2/c1-6-15(5,19)11-17-13(18)8-7-12(9-10-16)14(2,3)4/h12,19H,6-11,16H2,1-5H3,(H,17,18). The molecule has 0 spiro atoms. The van der Waals surface area contributed by atoms with E-state index in [0.717, 1.165) is 12.8 Å². The SMILES string of the molecule is CCC(C)(O)CNC(=O)CCC(CCN)C(C)(C)C. The number of hydrogen-bond donors (Lipinski definition) is 3. The van der Waals surface area contributed by atoms with Gasteiger partial charge in [0.15, 0.2) is 0 Å². The van der Waals surface area contributed by atoms with Crippen molar-refractivity contribution < 1.29 is 9.90 Å². The van der Waals surface area contributed by atoms with Crippen LogP contribution in [-0.4, -0.2) is 29.7 Å². The lowest BCUT2D eigenvalue weighted by molar-refractivity contribution is -0.122.